The Morgan fingerprint density at radius 2 is 1.55 bits per heavy atom. The Kier molecular flexibility index (Phi) is 5.28. The van der Waals surface area contributed by atoms with E-state index in [9.17, 15) is 0 Å². The summed E-state index contributed by atoms with van der Waals surface area (Å²) in [5, 5.41) is 0. The lowest BCUT2D eigenvalue weighted by Gasteiger charge is -2.21. The third kappa shape index (κ3) is 3.02. The fraction of sp³-hybridized carbons (Fsp3) is 0.333. The molecule has 0 aliphatic heterocycles. The molecule has 2 rings (SSSR count). The van der Waals surface area contributed by atoms with E-state index in [0.29, 0.717) is 23.8 Å². The fourth-order valence-corrected chi connectivity index (χ4v) is 2.72. The Hall–Kier alpha value is -2.20. The van der Waals surface area contributed by atoms with E-state index in [-0.39, 0.29) is 5.92 Å². The first-order chi connectivity index (χ1) is 10.7. The Morgan fingerprint density at radius 3 is 2.00 bits per heavy atom. The van der Waals surface area contributed by atoms with Gasteiger partial charge < -0.3 is 19.9 Å². The van der Waals surface area contributed by atoms with Crippen LogP contribution in [0.5, 0.6) is 17.2 Å². The van der Waals surface area contributed by atoms with Gasteiger partial charge in [0.2, 0.25) is 5.75 Å². The number of rotatable bonds is 6. The molecule has 0 aliphatic rings. The van der Waals surface area contributed by atoms with Crippen LogP contribution in [-0.4, -0.2) is 27.9 Å². The molecular weight excluding hydrogens is 278 g/mol. The molecule has 4 nitrogen and oxygen atoms in total. The number of methoxy groups -OCH3 is 3. The van der Waals surface area contributed by atoms with Crippen molar-refractivity contribution < 1.29 is 14.2 Å². The summed E-state index contributed by atoms with van der Waals surface area (Å²) in [6.45, 7) is 2.60. The molecule has 118 valence electrons. The van der Waals surface area contributed by atoms with Crippen LogP contribution in [0.2, 0.25) is 0 Å². The molecule has 2 N–H and O–H groups in total. The highest BCUT2D eigenvalue weighted by molar-refractivity contribution is 5.56. The maximum absolute atomic E-state index is 6.05. The van der Waals surface area contributed by atoms with Gasteiger partial charge in [-0.2, -0.15) is 0 Å². The zero-order valence-corrected chi connectivity index (χ0v) is 13.6. The first-order valence-corrected chi connectivity index (χ1v) is 7.21. The molecule has 0 spiro atoms. The summed E-state index contributed by atoms with van der Waals surface area (Å²) in [4.78, 5) is 0. The van der Waals surface area contributed by atoms with Crippen LogP contribution < -0.4 is 19.9 Å². The van der Waals surface area contributed by atoms with Crippen molar-refractivity contribution in [3.05, 3.63) is 53.1 Å². The van der Waals surface area contributed by atoms with Gasteiger partial charge in [0, 0.05) is 12.5 Å². The Labute approximate surface area is 131 Å². The molecule has 1 unspecified atom stereocenters. The van der Waals surface area contributed by atoms with Crippen molar-refractivity contribution in [1.82, 2.24) is 0 Å². The molecule has 4 heteroatoms. The second-order valence-electron chi connectivity index (χ2n) is 5.10. The number of hydrogen-bond donors (Lipinski definition) is 1. The van der Waals surface area contributed by atoms with Crippen molar-refractivity contribution >= 4 is 0 Å². The van der Waals surface area contributed by atoms with Crippen molar-refractivity contribution in [2.45, 2.75) is 12.8 Å². The van der Waals surface area contributed by atoms with Crippen LogP contribution >= 0.6 is 0 Å². The highest BCUT2D eigenvalue weighted by Gasteiger charge is 2.20. The quantitative estimate of drug-likeness (QED) is 0.890. The van der Waals surface area contributed by atoms with E-state index in [0.717, 1.165) is 5.56 Å². The van der Waals surface area contributed by atoms with Gasteiger partial charge >= 0.3 is 0 Å². The minimum atomic E-state index is 0.0786. The van der Waals surface area contributed by atoms with Gasteiger partial charge in [-0.3, -0.25) is 0 Å². The maximum atomic E-state index is 6.05. The Morgan fingerprint density at radius 1 is 0.955 bits per heavy atom. The van der Waals surface area contributed by atoms with E-state index in [4.69, 9.17) is 19.9 Å². The van der Waals surface area contributed by atoms with E-state index < -0.39 is 0 Å². The van der Waals surface area contributed by atoms with E-state index >= 15 is 0 Å². The van der Waals surface area contributed by atoms with Crippen LogP contribution in [0, 0.1) is 6.92 Å². The number of aryl methyl sites for hydroxylation is 1. The van der Waals surface area contributed by atoms with E-state index in [1.807, 2.05) is 24.3 Å². The Bertz CT molecular complexity index is 615. The highest BCUT2D eigenvalue weighted by atomic mass is 16.5. The molecule has 2 aromatic rings. The number of nitrogens with two attached hydrogens (primary N) is 1. The molecule has 0 amide bonds. The summed E-state index contributed by atoms with van der Waals surface area (Å²) in [6, 6.07) is 12.2. The molecule has 1 atom stereocenters. The van der Waals surface area contributed by atoms with Gasteiger partial charge in [-0.1, -0.05) is 24.3 Å². The highest BCUT2D eigenvalue weighted by Crippen LogP contribution is 2.41. The molecule has 0 saturated carbocycles. The van der Waals surface area contributed by atoms with E-state index in [1.54, 1.807) is 21.3 Å². The van der Waals surface area contributed by atoms with Gasteiger partial charge in [-0.15, -0.1) is 0 Å². The smallest absolute Gasteiger partial charge is 0.203 e. The summed E-state index contributed by atoms with van der Waals surface area (Å²) in [7, 11) is 4.83. The average molecular weight is 301 g/mol. The predicted molar refractivity (Wildman–Crippen MR) is 88.2 cm³/mol. The molecule has 22 heavy (non-hydrogen) atoms. The number of ether oxygens (including phenoxy) is 3. The first kappa shape index (κ1) is 16.2. The first-order valence-electron chi connectivity index (χ1n) is 7.21. The van der Waals surface area contributed by atoms with Crippen molar-refractivity contribution in [1.29, 1.82) is 0 Å². The van der Waals surface area contributed by atoms with Gasteiger partial charge in [0.25, 0.3) is 0 Å². The monoisotopic (exact) mass is 301 g/mol. The van der Waals surface area contributed by atoms with Crippen molar-refractivity contribution in [3.8, 4) is 17.2 Å². The van der Waals surface area contributed by atoms with Gasteiger partial charge in [0.05, 0.1) is 21.3 Å². The van der Waals surface area contributed by atoms with E-state index in [1.165, 1.54) is 11.1 Å². The largest absolute Gasteiger partial charge is 0.493 e. The van der Waals surface area contributed by atoms with Gasteiger partial charge in [-0.25, -0.2) is 0 Å². The lowest BCUT2D eigenvalue weighted by molar-refractivity contribution is 0.323. The van der Waals surface area contributed by atoms with Crippen LogP contribution in [0.3, 0.4) is 0 Å². The van der Waals surface area contributed by atoms with Crippen molar-refractivity contribution in [3.63, 3.8) is 0 Å². The normalized spacial score (nSPS) is 11.9. The summed E-state index contributed by atoms with van der Waals surface area (Å²) < 4.78 is 16.2. The molecule has 0 aromatic heterocycles. The van der Waals surface area contributed by atoms with E-state index in [2.05, 4.69) is 19.1 Å². The molecule has 0 heterocycles. The SMILES string of the molecule is COc1cc(C(CN)c2ccccc2C)cc(OC)c1OC. The summed E-state index contributed by atoms with van der Waals surface area (Å²) in [5.74, 6) is 1.96. The van der Waals surface area contributed by atoms with Crippen LogP contribution in [0.4, 0.5) is 0 Å². The Balaban J connectivity index is 2.57. The van der Waals surface area contributed by atoms with Crippen LogP contribution in [0.1, 0.15) is 22.6 Å². The lowest BCUT2D eigenvalue weighted by atomic mass is 9.88. The molecule has 2 aromatic carbocycles. The third-order valence-electron chi connectivity index (χ3n) is 3.89. The van der Waals surface area contributed by atoms with Gasteiger partial charge in [0.15, 0.2) is 11.5 Å². The predicted octanol–water partition coefficient (Wildman–Crippen LogP) is 3.11. The third-order valence-corrected chi connectivity index (χ3v) is 3.89. The summed E-state index contributed by atoms with van der Waals surface area (Å²) in [6.07, 6.45) is 0. The second-order valence-corrected chi connectivity index (χ2v) is 5.10. The molecule has 0 saturated heterocycles. The topological polar surface area (TPSA) is 53.7 Å². The minimum absolute atomic E-state index is 0.0786. The molecule has 0 radical (unpaired) electrons. The van der Waals surface area contributed by atoms with Crippen molar-refractivity contribution in [2.24, 2.45) is 5.73 Å². The minimum Gasteiger partial charge on any atom is -0.493 e. The standard InChI is InChI=1S/C18H23NO3/c1-12-7-5-6-8-14(12)15(11-19)13-9-16(20-2)18(22-4)17(10-13)21-3/h5-10,15H,11,19H2,1-4H3. The van der Waals surface area contributed by atoms with Gasteiger partial charge in [-0.05, 0) is 35.7 Å². The van der Waals surface area contributed by atoms with Crippen LogP contribution in [0.25, 0.3) is 0 Å². The fourth-order valence-electron chi connectivity index (χ4n) is 2.72. The number of hydrogen-bond acceptors (Lipinski definition) is 4. The molecule has 0 fully saturated rings. The molecule has 0 bridgehead atoms. The maximum Gasteiger partial charge on any atom is 0.203 e. The second kappa shape index (κ2) is 7.18. The molecular formula is C18H23NO3. The summed E-state index contributed by atoms with van der Waals surface area (Å²) >= 11 is 0. The van der Waals surface area contributed by atoms with Crippen LogP contribution in [-0.2, 0) is 0 Å². The lowest BCUT2D eigenvalue weighted by Crippen LogP contribution is -2.15. The van der Waals surface area contributed by atoms with Crippen molar-refractivity contribution in [2.75, 3.05) is 27.9 Å². The number of benzene rings is 2. The summed E-state index contributed by atoms with van der Waals surface area (Å²) in [5.41, 5.74) is 9.52. The zero-order chi connectivity index (χ0) is 16.1. The molecule has 0 aliphatic carbocycles. The average Bonchev–Trinajstić information content (AvgIpc) is 2.56. The zero-order valence-electron chi connectivity index (χ0n) is 13.6. The van der Waals surface area contributed by atoms with Gasteiger partial charge in [0.1, 0.15) is 0 Å². The van der Waals surface area contributed by atoms with Crippen LogP contribution in [0.15, 0.2) is 36.4 Å².